The summed E-state index contributed by atoms with van der Waals surface area (Å²) in [6, 6.07) is 6.22. The number of carbonyl (C=O) groups excluding carboxylic acids is 1. The first-order valence-electron chi connectivity index (χ1n) is 6.68. The summed E-state index contributed by atoms with van der Waals surface area (Å²) < 4.78 is 10.3. The van der Waals surface area contributed by atoms with Gasteiger partial charge in [-0.05, 0) is 31.4 Å². The third-order valence-electron chi connectivity index (χ3n) is 3.88. The molecule has 104 valence electrons. The molecule has 1 unspecified atom stereocenters. The van der Waals surface area contributed by atoms with Crippen molar-refractivity contribution in [3.63, 3.8) is 0 Å². The van der Waals surface area contributed by atoms with E-state index in [0.717, 1.165) is 30.8 Å². The van der Waals surface area contributed by atoms with Crippen LogP contribution >= 0.6 is 0 Å². The number of hydrogen-bond donors (Lipinski definition) is 0. The minimum Gasteiger partial charge on any atom is -0.469 e. The normalized spacial score (nSPS) is 18.5. The predicted molar refractivity (Wildman–Crippen MR) is 74.2 cm³/mol. The van der Waals surface area contributed by atoms with E-state index in [9.17, 15) is 4.79 Å². The molecule has 0 aromatic heterocycles. The number of carbonyl (C=O) groups is 1. The molecular weight excluding hydrogens is 240 g/mol. The highest BCUT2D eigenvalue weighted by atomic mass is 16.5. The lowest BCUT2D eigenvalue weighted by Crippen LogP contribution is -2.42. The fraction of sp³-hybridized carbons (Fsp3) is 0.562. The van der Waals surface area contributed by atoms with Crippen molar-refractivity contribution >= 4 is 5.97 Å². The van der Waals surface area contributed by atoms with Gasteiger partial charge in [-0.25, -0.2) is 0 Å². The van der Waals surface area contributed by atoms with Crippen molar-refractivity contribution in [1.29, 1.82) is 0 Å². The first-order valence-corrected chi connectivity index (χ1v) is 6.68. The molecule has 3 heteroatoms. The van der Waals surface area contributed by atoms with Gasteiger partial charge in [-0.15, -0.1) is 0 Å². The summed E-state index contributed by atoms with van der Waals surface area (Å²) in [5.41, 5.74) is 3.53. The molecule has 0 spiro atoms. The van der Waals surface area contributed by atoms with Crippen molar-refractivity contribution in [2.75, 3.05) is 20.3 Å². The van der Waals surface area contributed by atoms with Gasteiger partial charge in [0.1, 0.15) is 0 Å². The molecule has 0 amide bonds. The Hall–Kier alpha value is -1.35. The van der Waals surface area contributed by atoms with E-state index in [1.54, 1.807) is 0 Å². The zero-order chi connectivity index (χ0) is 14.0. The molecule has 0 saturated carbocycles. The summed E-state index contributed by atoms with van der Waals surface area (Å²) in [4.78, 5) is 12.1. The molecule has 1 saturated heterocycles. The fourth-order valence-corrected chi connectivity index (χ4v) is 2.74. The molecule has 0 aliphatic carbocycles. The van der Waals surface area contributed by atoms with Crippen LogP contribution in [0.1, 0.15) is 36.0 Å². The zero-order valence-corrected chi connectivity index (χ0v) is 12.2. The Morgan fingerprint density at radius 1 is 1.42 bits per heavy atom. The fourth-order valence-electron chi connectivity index (χ4n) is 2.74. The molecule has 1 atom stereocenters. The number of esters is 1. The molecule has 1 aromatic carbocycles. The van der Waals surface area contributed by atoms with E-state index in [1.807, 2.05) is 0 Å². The van der Waals surface area contributed by atoms with Gasteiger partial charge in [-0.3, -0.25) is 4.79 Å². The van der Waals surface area contributed by atoms with Crippen LogP contribution in [0.3, 0.4) is 0 Å². The molecular formula is C16H22O3. The van der Waals surface area contributed by atoms with Crippen molar-refractivity contribution in [3.8, 4) is 0 Å². The second-order valence-electron chi connectivity index (χ2n) is 5.94. The van der Waals surface area contributed by atoms with E-state index < -0.39 is 0 Å². The third-order valence-corrected chi connectivity index (χ3v) is 3.88. The maximum atomic E-state index is 12.1. The van der Waals surface area contributed by atoms with E-state index in [2.05, 4.69) is 39.0 Å². The van der Waals surface area contributed by atoms with Crippen LogP contribution in [0, 0.1) is 19.3 Å². The number of rotatable bonds is 4. The number of benzene rings is 1. The Kier molecular flexibility index (Phi) is 3.95. The second kappa shape index (κ2) is 5.33. The molecule has 2 rings (SSSR count). The standard InChI is InChI=1S/C16H22O3/c1-11-5-6-13(12(2)7-11)14(15(17)18-4)8-16(3)9-19-10-16/h5-7,14H,8-10H2,1-4H3. The summed E-state index contributed by atoms with van der Waals surface area (Å²) in [6.07, 6.45) is 0.781. The molecule has 3 nitrogen and oxygen atoms in total. The molecule has 1 fully saturated rings. The quantitative estimate of drug-likeness (QED) is 0.783. The lowest BCUT2D eigenvalue weighted by molar-refractivity contribution is -0.148. The van der Waals surface area contributed by atoms with Gasteiger partial charge in [0.2, 0.25) is 0 Å². The predicted octanol–water partition coefficient (Wildman–Crippen LogP) is 2.99. The average Bonchev–Trinajstić information content (AvgIpc) is 2.34. The van der Waals surface area contributed by atoms with Crippen molar-refractivity contribution in [3.05, 3.63) is 34.9 Å². The van der Waals surface area contributed by atoms with Crippen molar-refractivity contribution in [1.82, 2.24) is 0 Å². The molecule has 0 bridgehead atoms. The number of ether oxygens (including phenoxy) is 2. The first kappa shape index (κ1) is 14.1. The second-order valence-corrected chi connectivity index (χ2v) is 5.94. The molecule has 1 aromatic rings. The highest BCUT2D eigenvalue weighted by Crippen LogP contribution is 2.39. The Balaban J connectivity index is 2.28. The van der Waals surface area contributed by atoms with Gasteiger partial charge < -0.3 is 9.47 Å². The summed E-state index contributed by atoms with van der Waals surface area (Å²) in [7, 11) is 1.46. The van der Waals surface area contributed by atoms with Crippen LogP contribution in [0.4, 0.5) is 0 Å². The van der Waals surface area contributed by atoms with Crippen LogP contribution in [-0.2, 0) is 14.3 Å². The van der Waals surface area contributed by atoms with Gasteiger partial charge in [0.15, 0.2) is 0 Å². The topological polar surface area (TPSA) is 35.5 Å². The third kappa shape index (κ3) is 2.98. The van der Waals surface area contributed by atoms with Gasteiger partial charge in [-0.1, -0.05) is 30.7 Å². The number of methoxy groups -OCH3 is 1. The van der Waals surface area contributed by atoms with Gasteiger partial charge in [-0.2, -0.15) is 0 Å². The summed E-state index contributed by atoms with van der Waals surface area (Å²) in [5, 5.41) is 0. The maximum Gasteiger partial charge on any atom is 0.313 e. The van der Waals surface area contributed by atoms with E-state index >= 15 is 0 Å². The largest absolute Gasteiger partial charge is 0.469 e. The monoisotopic (exact) mass is 262 g/mol. The summed E-state index contributed by atoms with van der Waals surface area (Å²) >= 11 is 0. The molecule has 0 radical (unpaired) electrons. The summed E-state index contributed by atoms with van der Waals surface area (Å²) in [6.45, 7) is 7.73. The lowest BCUT2D eigenvalue weighted by Gasteiger charge is -2.40. The van der Waals surface area contributed by atoms with Crippen LogP contribution in [0.25, 0.3) is 0 Å². The smallest absolute Gasteiger partial charge is 0.313 e. The van der Waals surface area contributed by atoms with Gasteiger partial charge in [0.25, 0.3) is 0 Å². The molecule has 1 aliphatic heterocycles. The van der Waals surface area contributed by atoms with Crippen molar-refractivity contribution in [2.24, 2.45) is 5.41 Å². The first-order chi connectivity index (χ1) is 8.95. The molecule has 1 aliphatic rings. The van der Waals surface area contributed by atoms with Crippen LogP contribution in [0.5, 0.6) is 0 Å². The Labute approximate surface area is 114 Å². The van der Waals surface area contributed by atoms with Crippen molar-refractivity contribution in [2.45, 2.75) is 33.1 Å². The SMILES string of the molecule is COC(=O)C(CC1(C)COC1)c1ccc(C)cc1C. The van der Waals surface area contributed by atoms with Gasteiger partial charge >= 0.3 is 5.97 Å². The average molecular weight is 262 g/mol. The van der Waals surface area contributed by atoms with E-state index in [-0.39, 0.29) is 17.3 Å². The summed E-state index contributed by atoms with van der Waals surface area (Å²) in [5.74, 6) is -0.348. The van der Waals surface area contributed by atoms with Crippen molar-refractivity contribution < 1.29 is 14.3 Å². The minimum atomic E-state index is -0.195. The number of aryl methyl sites for hydroxylation is 2. The van der Waals surface area contributed by atoms with Crippen LogP contribution in [0.2, 0.25) is 0 Å². The minimum absolute atomic E-state index is 0.0934. The number of hydrogen-bond acceptors (Lipinski definition) is 3. The highest BCUT2D eigenvalue weighted by Gasteiger charge is 2.39. The van der Waals surface area contributed by atoms with Crippen LogP contribution in [0.15, 0.2) is 18.2 Å². The Bertz CT molecular complexity index is 475. The van der Waals surface area contributed by atoms with E-state index in [4.69, 9.17) is 9.47 Å². The van der Waals surface area contributed by atoms with Crippen LogP contribution < -0.4 is 0 Å². The Morgan fingerprint density at radius 3 is 2.58 bits per heavy atom. The molecule has 1 heterocycles. The zero-order valence-electron chi connectivity index (χ0n) is 12.2. The molecule has 0 N–H and O–H groups in total. The Morgan fingerprint density at radius 2 is 2.11 bits per heavy atom. The van der Waals surface area contributed by atoms with E-state index in [1.165, 1.54) is 12.7 Å². The van der Waals surface area contributed by atoms with Gasteiger partial charge in [0.05, 0.1) is 26.2 Å². The highest BCUT2D eigenvalue weighted by molar-refractivity contribution is 5.78. The van der Waals surface area contributed by atoms with Gasteiger partial charge in [0, 0.05) is 5.41 Å². The molecule has 19 heavy (non-hydrogen) atoms. The van der Waals surface area contributed by atoms with E-state index in [0.29, 0.717) is 0 Å². The maximum absolute atomic E-state index is 12.1. The van der Waals surface area contributed by atoms with Crippen LogP contribution in [-0.4, -0.2) is 26.3 Å². The lowest BCUT2D eigenvalue weighted by atomic mass is 9.76.